The van der Waals surface area contributed by atoms with E-state index in [1.807, 2.05) is 0 Å². The van der Waals surface area contributed by atoms with Crippen molar-refractivity contribution in [1.82, 2.24) is 4.98 Å². The lowest BCUT2D eigenvalue weighted by atomic mass is 10.2. The van der Waals surface area contributed by atoms with E-state index in [4.69, 9.17) is 18.9 Å². The first-order valence-corrected chi connectivity index (χ1v) is 8.21. The van der Waals surface area contributed by atoms with Crippen molar-refractivity contribution >= 4 is 11.6 Å². The summed E-state index contributed by atoms with van der Waals surface area (Å²) < 4.78 is 21.7. The number of carbonyl (C=O) groups excluding carboxylic acids is 1. The van der Waals surface area contributed by atoms with Crippen LogP contribution >= 0.6 is 0 Å². The lowest BCUT2D eigenvalue weighted by Gasteiger charge is -2.12. The smallest absolute Gasteiger partial charge is 0.259 e. The van der Waals surface area contributed by atoms with Crippen molar-refractivity contribution in [1.29, 1.82) is 0 Å². The Morgan fingerprint density at radius 2 is 1.93 bits per heavy atom. The van der Waals surface area contributed by atoms with Crippen molar-refractivity contribution in [2.45, 2.75) is 0 Å². The largest absolute Gasteiger partial charge is 0.496 e. The molecular weight excluding hydrogens is 348 g/mol. The van der Waals surface area contributed by atoms with Gasteiger partial charge >= 0.3 is 0 Å². The predicted octanol–water partition coefficient (Wildman–Crippen LogP) is 3.86. The molecule has 1 N–H and O–H groups in total. The van der Waals surface area contributed by atoms with Crippen molar-refractivity contribution in [3.05, 3.63) is 66.4 Å². The Kier molecular flexibility index (Phi) is 4.49. The average Bonchev–Trinajstić information content (AvgIpc) is 3.17. The number of amides is 1. The molecule has 0 atom stereocenters. The minimum absolute atomic E-state index is 0.183. The molecule has 0 aliphatic carbocycles. The van der Waals surface area contributed by atoms with Gasteiger partial charge < -0.3 is 24.3 Å². The Balaban J connectivity index is 1.57. The maximum Gasteiger partial charge on any atom is 0.259 e. The molecule has 0 bridgehead atoms. The Bertz CT molecular complexity index is 990. The fourth-order valence-electron chi connectivity index (χ4n) is 2.64. The number of nitrogens with zero attached hydrogens (tertiary/aromatic N) is 1. The summed E-state index contributed by atoms with van der Waals surface area (Å²) in [5, 5.41) is 2.81. The number of ether oxygens (including phenoxy) is 4. The normalized spacial score (nSPS) is 11.7. The molecule has 2 aromatic carbocycles. The van der Waals surface area contributed by atoms with E-state index in [2.05, 4.69) is 10.3 Å². The molecule has 4 rings (SSSR count). The molecule has 0 saturated carbocycles. The highest BCUT2D eigenvalue weighted by Gasteiger charge is 2.17. The van der Waals surface area contributed by atoms with E-state index in [1.54, 1.807) is 60.8 Å². The summed E-state index contributed by atoms with van der Waals surface area (Å²) in [6.07, 6.45) is 1.58. The summed E-state index contributed by atoms with van der Waals surface area (Å²) in [6.45, 7) is 0.183. The van der Waals surface area contributed by atoms with Crippen molar-refractivity contribution in [2.24, 2.45) is 0 Å². The Hall–Kier alpha value is -3.74. The SMILES string of the molecule is COc1ccccc1C(=O)Nc1cccnc1Oc1ccc2c(c1)OCO2. The molecule has 0 spiro atoms. The van der Waals surface area contributed by atoms with E-state index in [0.29, 0.717) is 34.2 Å². The van der Waals surface area contributed by atoms with Gasteiger partial charge in [0.15, 0.2) is 11.5 Å². The average molecular weight is 364 g/mol. The van der Waals surface area contributed by atoms with E-state index < -0.39 is 0 Å². The fraction of sp³-hybridized carbons (Fsp3) is 0.100. The number of rotatable bonds is 5. The van der Waals surface area contributed by atoms with Crippen LogP contribution in [0.3, 0.4) is 0 Å². The Labute approximate surface area is 155 Å². The molecule has 3 aromatic rings. The third-order valence-corrected chi connectivity index (χ3v) is 3.93. The van der Waals surface area contributed by atoms with Gasteiger partial charge in [-0.3, -0.25) is 4.79 Å². The van der Waals surface area contributed by atoms with Crippen LogP contribution in [-0.2, 0) is 0 Å². The molecule has 0 fully saturated rings. The molecule has 7 nitrogen and oxygen atoms in total. The maximum absolute atomic E-state index is 12.6. The number of anilines is 1. The van der Waals surface area contributed by atoms with Gasteiger partial charge in [0.25, 0.3) is 5.91 Å². The molecule has 27 heavy (non-hydrogen) atoms. The number of benzene rings is 2. The van der Waals surface area contributed by atoms with Gasteiger partial charge in [0.2, 0.25) is 12.7 Å². The first-order valence-electron chi connectivity index (χ1n) is 8.21. The summed E-state index contributed by atoms with van der Waals surface area (Å²) in [5.41, 5.74) is 0.851. The molecule has 1 aromatic heterocycles. The molecule has 7 heteroatoms. The molecule has 0 radical (unpaired) electrons. The van der Waals surface area contributed by atoms with Crippen molar-refractivity contribution in [3.8, 4) is 28.9 Å². The Morgan fingerprint density at radius 1 is 1.07 bits per heavy atom. The minimum Gasteiger partial charge on any atom is -0.496 e. The van der Waals surface area contributed by atoms with E-state index >= 15 is 0 Å². The first-order chi connectivity index (χ1) is 13.2. The molecule has 2 heterocycles. The number of hydrogen-bond donors (Lipinski definition) is 1. The summed E-state index contributed by atoms with van der Waals surface area (Å²) in [5.74, 6) is 2.20. The second kappa shape index (κ2) is 7.25. The lowest BCUT2D eigenvalue weighted by molar-refractivity contribution is 0.102. The van der Waals surface area contributed by atoms with Gasteiger partial charge in [-0.25, -0.2) is 4.98 Å². The van der Waals surface area contributed by atoms with E-state index in [-0.39, 0.29) is 18.6 Å². The number of fused-ring (bicyclic) bond motifs is 1. The van der Waals surface area contributed by atoms with Crippen LogP contribution in [0.5, 0.6) is 28.9 Å². The van der Waals surface area contributed by atoms with Gasteiger partial charge in [-0.1, -0.05) is 12.1 Å². The molecule has 1 amide bonds. The highest BCUT2D eigenvalue weighted by molar-refractivity contribution is 6.06. The number of nitrogens with one attached hydrogen (secondary N) is 1. The first kappa shape index (κ1) is 16.7. The summed E-state index contributed by atoms with van der Waals surface area (Å²) in [7, 11) is 1.52. The van der Waals surface area contributed by atoms with Crippen molar-refractivity contribution < 1.29 is 23.7 Å². The van der Waals surface area contributed by atoms with Gasteiger partial charge in [-0.05, 0) is 36.4 Å². The van der Waals surface area contributed by atoms with Crippen LogP contribution in [-0.4, -0.2) is 24.8 Å². The number of methoxy groups -OCH3 is 1. The predicted molar refractivity (Wildman–Crippen MR) is 97.8 cm³/mol. The van der Waals surface area contributed by atoms with Gasteiger partial charge in [0.1, 0.15) is 17.2 Å². The second-order valence-corrected chi connectivity index (χ2v) is 5.63. The topological polar surface area (TPSA) is 78.9 Å². The van der Waals surface area contributed by atoms with Crippen LogP contribution in [0, 0.1) is 0 Å². The zero-order valence-electron chi connectivity index (χ0n) is 14.5. The monoisotopic (exact) mass is 364 g/mol. The van der Waals surface area contributed by atoms with Crippen molar-refractivity contribution in [2.75, 3.05) is 19.2 Å². The molecule has 1 aliphatic rings. The Morgan fingerprint density at radius 3 is 2.81 bits per heavy atom. The molecular formula is C20H16N2O5. The van der Waals surface area contributed by atoms with Crippen LogP contribution in [0.15, 0.2) is 60.8 Å². The van der Waals surface area contributed by atoms with E-state index in [9.17, 15) is 4.79 Å². The molecule has 0 saturated heterocycles. The summed E-state index contributed by atoms with van der Waals surface area (Å²) in [6, 6.07) is 15.6. The van der Waals surface area contributed by atoms with E-state index in [0.717, 1.165) is 0 Å². The molecule has 136 valence electrons. The van der Waals surface area contributed by atoms with E-state index in [1.165, 1.54) is 7.11 Å². The quantitative estimate of drug-likeness (QED) is 0.741. The number of pyridine rings is 1. The maximum atomic E-state index is 12.6. The van der Waals surface area contributed by atoms with Crippen molar-refractivity contribution in [3.63, 3.8) is 0 Å². The third-order valence-electron chi connectivity index (χ3n) is 3.93. The van der Waals surface area contributed by atoms with Crippen LogP contribution in [0.2, 0.25) is 0 Å². The lowest BCUT2D eigenvalue weighted by Crippen LogP contribution is -2.14. The fourth-order valence-corrected chi connectivity index (χ4v) is 2.64. The summed E-state index contributed by atoms with van der Waals surface area (Å²) >= 11 is 0. The molecule has 0 unspecified atom stereocenters. The third kappa shape index (κ3) is 3.48. The van der Waals surface area contributed by atoms with Gasteiger partial charge in [-0.2, -0.15) is 0 Å². The van der Waals surface area contributed by atoms with Crippen LogP contribution in [0.1, 0.15) is 10.4 Å². The number of carbonyl (C=O) groups is 1. The van der Waals surface area contributed by atoms with Crippen LogP contribution in [0.4, 0.5) is 5.69 Å². The second-order valence-electron chi connectivity index (χ2n) is 5.63. The summed E-state index contributed by atoms with van der Waals surface area (Å²) in [4.78, 5) is 16.9. The highest BCUT2D eigenvalue weighted by Crippen LogP contribution is 2.37. The zero-order chi connectivity index (χ0) is 18.6. The van der Waals surface area contributed by atoms with Gasteiger partial charge in [0.05, 0.1) is 12.7 Å². The number of hydrogen-bond acceptors (Lipinski definition) is 6. The standard InChI is InChI=1S/C20H16N2O5/c1-24-16-7-3-2-5-14(16)19(23)22-15-6-4-10-21-20(15)27-13-8-9-17-18(11-13)26-12-25-17/h2-11H,12H2,1H3,(H,22,23). The van der Waals surface area contributed by atoms with Crippen LogP contribution in [0.25, 0.3) is 0 Å². The van der Waals surface area contributed by atoms with Gasteiger partial charge in [0, 0.05) is 12.3 Å². The zero-order valence-corrected chi connectivity index (χ0v) is 14.5. The van der Waals surface area contributed by atoms with Gasteiger partial charge in [-0.15, -0.1) is 0 Å². The van der Waals surface area contributed by atoms with Crippen LogP contribution < -0.4 is 24.3 Å². The molecule has 1 aliphatic heterocycles. The minimum atomic E-state index is -0.323. The number of aromatic nitrogens is 1. The highest BCUT2D eigenvalue weighted by atomic mass is 16.7. The number of para-hydroxylation sites is 1.